The molecule has 40 heavy (non-hydrogen) atoms. The van der Waals surface area contributed by atoms with Gasteiger partial charge in [-0.25, -0.2) is 4.98 Å². The number of rotatable bonds is 11. The van der Waals surface area contributed by atoms with Gasteiger partial charge < -0.3 is 30.2 Å². The van der Waals surface area contributed by atoms with E-state index in [-0.39, 0.29) is 11.5 Å². The zero-order valence-electron chi connectivity index (χ0n) is 23.9. The van der Waals surface area contributed by atoms with E-state index in [1.165, 1.54) is 32.1 Å². The highest BCUT2D eigenvalue weighted by molar-refractivity contribution is 5.53. The van der Waals surface area contributed by atoms with E-state index in [0.29, 0.717) is 48.4 Å². The van der Waals surface area contributed by atoms with E-state index in [0.717, 1.165) is 36.7 Å². The van der Waals surface area contributed by atoms with Crippen molar-refractivity contribution in [1.29, 1.82) is 5.26 Å². The van der Waals surface area contributed by atoms with Crippen LogP contribution in [0.1, 0.15) is 63.5 Å². The fourth-order valence-corrected chi connectivity index (χ4v) is 8.04. The number of methoxy groups -OCH3 is 1. The third kappa shape index (κ3) is 5.76. The molecule has 4 aliphatic carbocycles. The van der Waals surface area contributed by atoms with Crippen LogP contribution in [0, 0.1) is 34.5 Å². The van der Waals surface area contributed by atoms with Crippen LogP contribution in [0.4, 0.5) is 11.8 Å². The summed E-state index contributed by atoms with van der Waals surface area (Å²) in [6.45, 7) is 7.04. The van der Waals surface area contributed by atoms with Gasteiger partial charge in [-0.05, 0) is 88.2 Å². The maximum atomic E-state index is 9.74. The lowest BCUT2D eigenvalue weighted by atomic mass is 9.48. The Morgan fingerprint density at radius 3 is 2.65 bits per heavy atom. The molecule has 1 aliphatic heterocycles. The Balaban J connectivity index is 1.06. The number of ether oxygens (including phenoxy) is 3. The number of aromatic nitrogens is 2. The first-order valence-corrected chi connectivity index (χ1v) is 14.8. The molecule has 3 N–H and O–H groups in total. The minimum atomic E-state index is -0.450. The van der Waals surface area contributed by atoms with Gasteiger partial charge in [0.05, 0.1) is 26.0 Å². The van der Waals surface area contributed by atoms with Gasteiger partial charge >= 0.3 is 0 Å². The molecule has 4 bridgehead atoms. The summed E-state index contributed by atoms with van der Waals surface area (Å²) < 4.78 is 17.2. The smallest absolute Gasteiger partial charge is 0.224 e. The minimum Gasteiger partial charge on any atom is -0.496 e. The number of nitrogens with one attached hydrogen (secondary N) is 3. The number of nitrogens with zero attached hydrogens (tertiary/aromatic N) is 3. The molecule has 0 amide bonds. The maximum Gasteiger partial charge on any atom is 0.224 e. The zero-order chi connectivity index (χ0) is 27.7. The van der Waals surface area contributed by atoms with Crippen molar-refractivity contribution >= 4 is 11.8 Å². The molecule has 0 radical (unpaired) electrons. The minimum absolute atomic E-state index is 0.186. The first-order chi connectivity index (χ1) is 19.4. The first kappa shape index (κ1) is 27.3. The lowest BCUT2D eigenvalue weighted by molar-refractivity contribution is -0.139. The molecular formula is C31H42N6O3. The van der Waals surface area contributed by atoms with E-state index >= 15 is 0 Å². The van der Waals surface area contributed by atoms with Crippen molar-refractivity contribution in [1.82, 2.24) is 15.3 Å². The van der Waals surface area contributed by atoms with Gasteiger partial charge in [0.2, 0.25) is 5.95 Å². The molecule has 2 heterocycles. The predicted octanol–water partition coefficient (Wildman–Crippen LogP) is 4.71. The van der Waals surface area contributed by atoms with Crippen molar-refractivity contribution in [2.75, 3.05) is 37.4 Å². The number of benzene rings is 1. The molecule has 5 fully saturated rings. The highest BCUT2D eigenvalue weighted by Crippen LogP contribution is 2.60. The van der Waals surface area contributed by atoms with Crippen LogP contribution in [-0.2, 0) is 16.0 Å². The predicted molar refractivity (Wildman–Crippen MR) is 153 cm³/mol. The Morgan fingerprint density at radius 2 is 1.93 bits per heavy atom. The Kier molecular flexibility index (Phi) is 7.60. The van der Waals surface area contributed by atoms with Gasteiger partial charge in [-0.3, -0.25) is 0 Å². The molecule has 214 valence electrons. The van der Waals surface area contributed by atoms with Crippen molar-refractivity contribution in [2.45, 2.75) is 76.9 Å². The van der Waals surface area contributed by atoms with Crippen LogP contribution in [0.3, 0.4) is 0 Å². The highest BCUT2D eigenvalue weighted by Gasteiger charge is 2.55. The molecule has 1 aromatic carbocycles. The van der Waals surface area contributed by atoms with Crippen LogP contribution in [-0.4, -0.2) is 54.7 Å². The van der Waals surface area contributed by atoms with Crippen LogP contribution in [0.2, 0.25) is 0 Å². The summed E-state index contributed by atoms with van der Waals surface area (Å²) >= 11 is 0. The molecule has 4 saturated carbocycles. The van der Waals surface area contributed by atoms with Gasteiger partial charge in [-0.1, -0.05) is 18.2 Å². The van der Waals surface area contributed by atoms with E-state index < -0.39 is 5.79 Å². The largest absolute Gasteiger partial charge is 0.496 e. The topological polar surface area (TPSA) is 113 Å². The maximum absolute atomic E-state index is 9.74. The van der Waals surface area contributed by atoms with E-state index in [1.54, 1.807) is 13.3 Å². The van der Waals surface area contributed by atoms with Crippen LogP contribution in [0.15, 0.2) is 30.5 Å². The van der Waals surface area contributed by atoms with Gasteiger partial charge in [-0.15, -0.1) is 0 Å². The van der Waals surface area contributed by atoms with Gasteiger partial charge in [0, 0.05) is 24.7 Å². The first-order valence-electron chi connectivity index (χ1n) is 14.8. The van der Waals surface area contributed by atoms with Gasteiger partial charge in [-0.2, -0.15) is 10.2 Å². The third-order valence-corrected chi connectivity index (χ3v) is 9.48. The van der Waals surface area contributed by atoms with Crippen LogP contribution >= 0.6 is 0 Å². The molecule has 7 rings (SSSR count). The monoisotopic (exact) mass is 546 g/mol. The Morgan fingerprint density at radius 1 is 1.12 bits per heavy atom. The number of para-hydroxylation sites is 1. The lowest BCUT2D eigenvalue weighted by Gasteiger charge is -2.60. The van der Waals surface area contributed by atoms with E-state index in [9.17, 15) is 5.26 Å². The molecule has 2 aromatic rings. The zero-order valence-corrected chi connectivity index (χ0v) is 23.9. The van der Waals surface area contributed by atoms with Gasteiger partial charge in [0.15, 0.2) is 5.79 Å². The summed E-state index contributed by atoms with van der Waals surface area (Å²) in [5, 5.41) is 20.6. The number of hydrogen-bond acceptors (Lipinski definition) is 9. The molecule has 6 atom stereocenters. The normalized spacial score (nSPS) is 31.6. The quantitative estimate of drug-likeness (QED) is 0.369. The molecule has 1 saturated heterocycles. The molecule has 5 aliphatic rings. The second-order valence-corrected chi connectivity index (χ2v) is 12.8. The van der Waals surface area contributed by atoms with Crippen LogP contribution < -0.4 is 20.7 Å². The summed E-state index contributed by atoms with van der Waals surface area (Å²) in [5.74, 6) is 3.72. The fourth-order valence-electron chi connectivity index (χ4n) is 8.04. The van der Waals surface area contributed by atoms with Crippen molar-refractivity contribution in [2.24, 2.45) is 23.2 Å². The number of hydrogen-bond donors (Lipinski definition) is 3. The summed E-state index contributed by atoms with van der Waals surface area (Å²) in [6, 6.07) is 10.8. The molecular weight excluding hydrogens is 504 g/mol. The SMILES string of the molecule is COc1ccccc1CNc1ncc(C#N)c(NC[C@@]23CC4C[C@H](C2)[C@@H](NCC[C@H]2COC(C)(C)O2)[C@@H](C4)C3)n1. The average molecular weight is 547 g/mol. The van der Waals surface area contributed by atoms with E-state index in [2.05, 4.69) is 27.0 Å². The summed E-state index contributed by atoms with van der Waals surface area (Å²) in [4.78, 5) is 9.08. The molecule has 1 unspecified atom stereocenters. The molecule has 9 nitrogen and oxygen atoms in total. The molecule has 0 spiro atoms. The third-order valence-electron chi connectivity index (χ3n) is 9.48. The van der Waals surface area contributed by atoms with E-state index in [1.807, 2.05) is 38.1 Å². The molecule has 9 heteroatoms. The van der Waals surface area contributed by atoms with Crippen molar-refractivity contribution in [3.05, 3.63) is 41.6 Å². The van der Waals surface area contributed by atoms with Crippen LogP contribution in [0.25, 0.3) is 0 Å². The second-order valence-electron chi connectivity index (χ2n) is 12.8. The van der Waals surface area contributed by atoms with Crippen molar-refractivity contribution in [3.8, 4) is 11.8 Å². The summed E-state index contributed by atoms with van der Waals surface area (Å²) in [7, 11) is 1.67. The van der Waals surface area contributed by atoms with E-state index in [4.69, 9.17) is 19.2 Å². The van der Waals surface area contributed by atoms with Crippen molar-refractivity contribution in [3.63, 3.8) is 0 Å². The summed E-state index contributed by atoms with van der Waals surface area (Å²) in [6.07, 6.45) is 9.19. The van der Waals surface area contributed by atoms with Crippen LogP contribution in [0.5, 0.6) is 5.75 Å². The summed E-state index contributed by atoms with van der Waals surface area (Å²) in [5.41, 5.74) is 1.77. The van der Waals surface area contributed by atoms with Gasteiger partial charge in [0.1, 0.15) is 23.2 Å². The number of anilines is 2. The fraction of sp³-hybridized carbons (Fsp3) is 0.645. The second kappa shape index (κ2) is 11.2. The number of nitriles is 1. The average Bonchev–Trinajstić information content (AvgIpc) is 3.30. The lowest BCUT2D eigenvalue weighted by Crippen LogP contribution is -2.59. The Labute approximate surface area is 237 Å². The Bertz CT molecular complexity index is 1230. The van der Waals surface area contributed by atoms with Crippen molar-refractivity contribution < 1.29 is 14.2 Å². The molecule has 1 aromatic heterocycles. The van der Waals surface area contributed by atoms with Gasteiger partial charge in [0.25, 0.3) is 0 Å². The highest BCUT2D eigenvalue weighted by atomic mass is 16.7. The standard InChI is InChI=1S/C31H42N6O3/c1-30(2)39-18-25(40-30)8-9-33-27-22-10-20-11-23(27)14-31(12-20,13-22)19-36-28-24(15-32)17-35-29(37-28)34-16-21-6-4-5-7-26(21)38-3/h4-7,17,20,22-23,25,27,33H,8-14,16,18-19H2,1-3H3,(H2,34,35,36,37)/t20?,22-,23+,25-,27-,31+/m0/s1. The Hall–Kier alpha value is -2.93.